The fourth-order valence-corrected chi connectivity index (χ4v) is 1.94. The van der Waals surface area contributed by atoms with Crippen LogP contribution in [0, 0.1) is 17.8 Å². The van der Waals surface area contributed by atoms with Crippen molar-refractivity contribution in [2.45, 2.75) is 20.3 Å². The van der Waals surface area contributed by atoms with Crippen molar-refractivity contribution in [2.75, 3.05) is 19.6 Å². The molecule has 1 aliphatic heterocycles. The first-order valence-corrected chi connectivity index (χ1v) is 4.64. The lowest BCUT2D eigenvalue weighted by Crippen LogP contribution is -2.23. The third kappa shape index (κ3) is 2.46. The minimum absolute atomic E-state index is 0.734. The van der Waals surface area contributed by atoms with Gasteiger partial charge in [0.1, 0.15) is 0 Å². The third-order valence-electron chi connectivity index (χ3n) is 2.56. The highest BCUT2D eigenvalue weighted by Crippen LogP contribution is 2.22. The summed E-state index contributed by atoms with van der Waals surface area (Å²) in [5.41, 5.74) is 5.66. The van der Waals surface area contributed by atoms with Gasteiger partial charge in [0.05, 0.1) is 0 Å². The molecule has 1 fully saturated rings. The molecule has 2 heteroatoms. The molecule has 1 rings (SSSR count). The fraction of sp³-hybridized carbons (Fsp3) is 1.00. The maximum atomic E-state index is 5.66. The van der Waals surface area contributed by atoms with Gasteiger partial charge in [-0.3, -0.25) is 0 Å². The lowest BCUT2D eigenvalue weighted by Gasteiger charge is -2.18. The van der Waals surface area contributed by atoms with Gasteiger partial charge in [-0.15, -0.1) is 0 Å². The molecule has 2 atom stereocenters. The zero-order chi connectivity index (χ0) is 8.27. The van der Waals surface area contributed by atoms with Crippen LogP contribution >= 0.6 is 0 Å². The monoisotopic (exact) mass is 156 g/mol. The second-order valence-electron chi connectivity index (χ2n) is 4.04. The Bertz CT molecular complexity index is 112. The minimum Gasteiger partial charge on any atom is -0.330 e. The van der Waals surface area contributed by atoms with Crippen molar-refractivity contribution in [3.05, 3.63) is 0 Å². The predicted molar refractivity (Wildman–Crippen MR) is 48.4 cm³/mol. The van der Waals surface area contributed by atoms with Crippen molar-refractivity contribution in [3.8, 4) is 0 Å². The predicted octanol–water partition coefficient (Wildman–Crippen LogP) is 0.827. The van der Waals surface area contributed by atoms with E-state index in [2.05, 4.69) is 19.2 Å². The molecule has 2 nitrogen and oxygen atoms in total. The average Bonchev–Trinajstić information content (AvgIpc) is 2.34. The highest BCUT2D eigenvalue weighted by atomic mass is 14.9. The van der Waals surface area contributed by atoms with Crippen LogP contribution in [0.1, 0.15) is 20.3 Å². The topological polar surface area (TPSA) is 38.0 Å². The molecule has 66 valence electrons. The number of rotatable bonds is 3. The summed E-state index contributed by atoms with van der Waals surface area (Å²) in [5.74, 6) is 2.38. The zero-order valence-electron chi connectivity index (χ0n) is 7.64. The van der Waals surface area contributed by atoms with E-state index in [1.807, 2.05) is 0 Å². The number of hydrogen-bond donors (Lipinski definition) is 2. The second-order valence-corrected chi connectivity index (χ2v) is 4.04. The van der Waals surface area contributed by atoms with Gasteiger partial charge in [0.2, 0.25) is 0 Å². The maximum Gasteiger partial charge on any atom is -0.000520 e. The quantitative estimate of drug-likeness (QED) is 0.635. The van der Waals surface area contributed by atoms with E-state index in [1.165, 1.54) is 13.0 Å². The average molecular weight is 156 g/mol. The standard InChI is InChI=1S/C9H20N2/c1-7(2)3-8-5-11-6-9(8)4-10/h7-9,11H,3-6,10H2,1-2H3. The van der Waals surface area contributed by atoms with Gasteiger partial charge >= 0.3 is 0 Å². The molecule has 1 aliphatic rings. The molecule has 1 saturated heterocycles. The van der Waals surface area contributed by atoms with Crippen LogP contribution in [0.15, 0.2) is 0 Å². The van der Waals surface area contributed by atoms with Crippen LogP contribution in [-0.4, -0.2) is 19.6 Å². The van der Waals surface area contributed by atoms with Crippen LogP contribution in [0.4, 0.5) is 0 Å². The van der Waals surface area contributed by atoms with Gasteiger partial charge in [-0.05, 0) is 43.8 Å². The van der Waals surface area contributed by atoms with Gasteiger partial charge in [0, 0.05) is 0 Å². The van der Waals surface area contributed by atoms with Crippen LogP contribution in [0.3, 0.4) is 0 Å². The maximum absolute atomic E-state index is 5.66. The summed E-state index contributed by atoms with van der Waals surface area (Å²) in [6.45, 7) is 7.73. The largest absolute Gasteiger partial charge is 0.330 e. The molecule has 0 bridgehead atoms. The Morgan fingerprint density at radius 1 is 1.36 bits per heavy atom. The molecular formula is C9H20N2. The van der Waals surface area contributed by atoms with E-state index >= 15 is 0 Å². The van der Waals surface area contributed by atoms with Gasteiger partial charge in [0.25, 0.3) is 0 Å². The van der Waals surface area contributed by atoms with Gasteiger partial charge < -0.3 is 11.1 Å². The molecular weight excluding hydrogens is 136 g/mol. The van der Waals surface area contributed by atoms with Crippen molar-refractivity contribution < 1.29 is 0 Å². The summed E-state index contributed by atoms with van der Waals surface area (Å²) < 4.78 is 0. The molecule has 0 spiro atoms. The van der Waals surface area contributed by atoms with E-state index in [4.69, 9.17) is 5.73 Å². The van der Waals surface area contributed by atoms with Gasteiger partial charge in [-0.1, -0.05) is 13.8 Å². The van der Waals surface area contributed by atoms with Crippen LogP contribution in [0.5, 0.6) is 0 Å². The van der Waals surface area contributed by atoms with E-state index in [0.29, 0.717) is 0 Å². The minimum atomic E-state index is 0.734. The van der Waals surface area contributed by atoms with Crippen molar-refractivity contribution in [2.24, 2.45) is 23.5 Å². The fourth-order valence-electron chi connectivity index (χ4n) is 1.94. The normalized spacial score (nSPS) is 31.6. The van der Waals surface area contributed by atoms with Crippen molar-refractivity contribution in [3.63, 3.8) is 0 Å². The molecule has 1 heterocycles. The molecule has 0 amide bonds. The van der Waals surface area contributed by atoms with Gasteiger partial charge in [-0.2, -0.15) is 0 Å². The van der Waals surface area contributed by atoms with Crippen LogP contribution < -0.4 is 11.1 Å². The first-order chi connectivity index (χ1) is 5.24. The highest BCUT2D eigenvalue weighted by Gasteiger charge is 2.25. The van der Waals surface area contributed by atoms with Crippen LogP contribution in [-0.2, 0) is 0 Å². The van der Waals surface area contributed by atoms with E-state index in [1.54, 1.807) is 0 Å². The van der Waals surface area contributed by atoms with Crippen molar-refractivity contribution in [1.82, 2.24) is 5.32 Å². The zero-order valence-corrected chi connectivity index (χ0v) is 7.64. The molecule has 0 saturated carbocycles. The Morgan fingerprint density at radius 3 is 2.55 bits per heavy atom. The summed E-state index contributed by atoms with van der Waals surface area (Å²) in [6.07, 6.45) is 1.33. The molecule has 0 aliphatic carbocycles. The summed E-state index contributed by atoms with van der Waals surface area (Å²) >= 11 is 0. The SMILES string of the molecule is CC(C)CC1CNCC1CN. The molecule has 2 unspecified atom stereocenters. The van der Waals surface area contributed by atoms with E-state index in [-0.39, 0.29) is 0 Å². The first kappa shape index (κ1) is 9.01. The van der Waals surface area contributed by atoms with Crippen molar-refractivity contribution >= 4 is 0 Å². The Morgan fingerprint density at radius 2 is 2.00 bits per heavy atom. The number of hydrogen-bond acceptors (Lipinski definition) is 2. The lowest BCUT2D eigenvalue weighted by molar-refractivity contribution is 0.353. The molecule has 0 aromatic heterocycles. The van der Waals surface area contributed by atoms with Crippen LogP contribution in [0.2, 0.25) is 0 Å². The molecule has 11 heavy (non-hydrogen) atoms. The highest BCUT2D eigenvalue weighted by molar-refractivity contribution is 4.81. The van der Waals surface area contributed by atoms with Gasteiger partial charge in [-0.25, -0.2) is 0 Å². The second kappa shape index (κ2) is 4.07. The first-order valence-electron chi connectivity index (χ1n) is 4.64. The molecule has 0 aromatic carbocycles. The Hall–Kier alpha value is -0.0800. The summed E-state index contributed by atoms with van der Waals surface area (Å²) in [7, 11) is 0. The third-order valence-corrected chi connectivity index (χ3v) is 2.56. The van der Waals surface area contributed by atoms with Crippen LogP contribution in [0.25, 0.3) is 0 Å². The van der Waals surface area contributed by atoms with E-state index in [0.717, 1.165) is 30.8 Å². The van der Waals surface area contributed by atoms with E-state index < -0.39 is 0 Å². The summed E-state index contributed by atoms with van der Waals surface area (Å²) in [4.78, 5) is 0. The smallest absolute Gasteiger partial charge is 0.000520 e. The number of nitrogens with two attached hydrogens (primary N) is 1. The molecule has 0 aromatic rings. The van der Waals surface area contributed by atoms with Crippen molar-refractivity contribution in [1.29, 1.82) is 0 Å². The van der Waals surface area contributed by atoms with Gasteiger partial charge in [0.15, 0.2) is 0 Å². The number of nitrogens with one attached hydrogen (secondary N) is 1. The summed E-state index contributed by atoms with van der Waals surface area (Å²) in [6, 6.07) is 0. The Balaban J connectivity index is 2.31. The molecule has 0 radical (unpaired) electrons. The van der Waals surface area contributed by atoms with E-state index in [9.17, 15) is 0 Å². The summed E-state index contributed by atoms with van der Waals surface area (Å²) in [5, 5.41) is 3.40. The Labute approximate surface area is 69.5 Å². The Kier molecular flexibility index (Phi) is 3.34. The molecule has 3 N–H and O–H groups in total. The lowest BCUT2D eigenvalue weighted by atomic mass is 9.88.